The number of fused-ring (bicyclic) bond motifs is 1. The number of carbonyl (C=O) groups is 1. The fraction of sp³-hybridized carbons (Fsp3) is 0.500. The second-order valence-electron chi connectivity index (χ2n) is 5.59. The lowest BCUT2D eigenvalue weighted by atomic mass is 10.1. The SMILES string of the molecule is Cn1c(=O)n(CC(=O)OCC2CCCCO2)c2ccccc21. The molecule has 0 bridgehead atoms. The van der Waals surface area contributed by atoms with Crippen LogP contribution in [0.1, 0.15) is 19.3 Å². The molecule has 118 valence electrons. The number of imidazole rings is 1. The summed E-state index contributed by atoms with van der Waals surface area (Å²) in [5.74, 6) is -0.410. The Kier molecular flexibility index (Phi) is 4.29. The van der Waals surface area contributed by atoms with Crippen molar-refractivity contribution in [3.8, 4) is 0 Å². The van der Waals surface area contributed by atoms with Gasteiger partial charge in [-0.15, -0.1) is 0 Å². The van der Waals surface area contributed by atoms with Gasteiger partial charge in [-0.2, -0.15) is 0 Å². The lowest BCUT2D eigenvalue weighted by Gasteiger charge is -2.22. The first kappa shape index (κ1) is 14.8. The van der Waals surface area contributed by atoms with Gasteiger partial charge in [-0.1, -0.05) is 12.1 Å². The fourth-order valence-electron chi connectivity index (χ4n) is 2.82. The van der Waals surface area contributed by atoms with E-state index in [9.17, 15) is 9.59 Å². The number of nitrogens with zero attached hydrogens (tertiary/aromatic N) is 2. The van der Waals surface area contributed by atoms with Crippen LogP contribution in [0.3, 0.4) is 0 Å². The molecule has 1 saturated heterocycles. The molecule has 0 N–H and O–H groups in total. The molecule has 1 atom stereocenters. The number of esters is 1. The van der Waals surface area contributed by atoms with E-state index in [1.165, 1.54) is 9.13 Å². The molecule has 0 radical (unpaired) electrons. The van der Waals surface area contributed by atoms with Gasteiger partial charge in [0.25, 0.3) is 0 Å². The van der Waals surface area contributed by atoms with Crippen LogP contribution in [0.5, 0.6) is 0 Å². The van der Waals surface area contributed by atoms with E-state index in [2.05, 4.69) is 0 Å². The molecular formula is C16H20N2O4. The van der Waals surface area contributed by atoms with Crippen molar-refractivity contribution in [2.24, 2.45) is 7.05 Å². The van der Waals surface area contributed by atoms with Crippen molar-refractivity contribution >= 4 is 17.0 Å². The lowest BCUT2D eigenvalue weighted by molar-refractivity contribution is -0.149. The van der Waals surface area contributed by atoms with Gasteiger partial charge in [0, 0.05) is 13.7 Å². The van der Waals surface area contributed by atoms with Gasteiger partial charge in [0.05, 0.1) is 17.1 Å². The number of aromatic nitrogens is 2. The Balaban J connectivity index is 1.69. The average Bonchev–Trinajstić information content (AvgIpc) is 2.79. The summed E-state index contributed by atoms with van der Waals surface area (Å²) in [5, 5.41) is 0. The minimum atomic E-state index is -0.410. The maximum Gasteiger partial charge on any atom is 0.329 e. The van der Waals surface area contributed by atoms with E-state index in [0.717, 1.165) is 36.9 Å². The number of rotatable bonds is 4. The van der Waals surface area contributed by atoms with Gasteiger partial charge in [-0.05, 0) is 31.4 Å². The van der Waals surface area contributed by atoms with Gasteiger partial charge in [0.2, 0.25) is 0 Å². The molecule has 1 aliphatic rings. The van der Waals surface area contributed by atoms with Crippen molar-refractivity contribution in [2.75, 3.05) is 13.2 Å². The van der Waals surface area contributed by atoms with Crippen molar-refractivity contribution in [3.05, 3.63) is 34.7 Å². The predicted molar refractivity (Wildman–Crippen MR) is 81.7 cm³/mol. The van der Waals surface area contributed by atoms with Crippen LogP contribution >= 0.6 is 0 Å². The maximum absolute atomic E-state index is 12.2. The third-order valence-electron chi connectivity index (χ3n) is 4.04. The number of para-hydroxylation sites is 2. The summed E-state index contributed by atoms with van der Waals surface area (Å²) in [5.41, 5.74) is 1.32. The Bertz CT molecular complexity index is 725. The molecule has 0 amide bonds. The minimum Gasteiger partial charge on any atom is -0.462 e. The highest BCUT2D eigenvalue weighted by molar-refractivity contribution is 5.78. The molecule has 22 heavy (non-hydrogen) atoms. The zero-order valence-corrected chi connectivity index (χ0v) is 12.7. The van der Waals surface area contributed by atoms with E-state index in [1.54, 1.807) is 7.05 Å². The molecule has 0 spiro atoms. The molecule has 6 heteroatoms. The molecule has 2 heterocycles. The summed E-state index contributed by atoms with van der Waals surface area (Å²) in [7, 11) is 1.70. The maximum atomic E-state index is 12.2. The summed E-state index contributed by atoms with van der Waals surface area (Å²) in [6.07, 6.45) is 3.07. The van der Waals surface area contributed by atoms with E-state index in [1.807, 2.05) is 24.3 Å². The van der Waals surface area contributed by atoms with Crippen LogP contribution < -0.4 is 5.69 Å². The normalized spacial score (nSPS) is 18.5. The standard InChI is InChI=1S/C16H20N2O4/c1-17-13-7-2-3-8-14(13)18(16(17)20)10-15(19)22-11-12-6-4-5-9-21-12/h2-3,7-8,12H,4-6,9-11H2,1H3. The van der Waals surface area contributed by atoms with Gasteiger partial charge < -0.3 is 9.47 Å². The monoisotopic (exact) mass is 304 g/mol. The second kappa shape index (κ2) is 6.36. The third kappa shape index (κ3) is 2.92. The second-order valence-corrected chi connectivity index (χ2v) is 5.59. The molecule has 1 fully saturated rings. The van der Waals surface area contributed by atoms with Gasteiger partial charge in [0.1, 0.15) is 13.2 Å². The van der Waals surface area contributed by atoms with Crippen molar-refractivity contribution in [1.29, 1.82) is 0 Å². The molecule has 0 aliphatic carbocycles. The van der Waals surface area contributed by atoms with E-state index < -0.39 is 5.97 Å². The van der Waals surface area contributed by atoms with Crippen LogP contribution in [0, 0.1) is 0 Å². The molecule has 0 saturated carbocycles. The largest absolute Gasteiger partial charge is 0.462 e. The number of carbonyl (C=O) groups excluding carboxylic acids is 1. The Labute approximate surface area is 128 Å². The van der Waals surface area contributed by atoms with Crippen molar-refractivity contribution < 1.29 is 14.3 Å². The topological polar surface area (TPSA) is 62.5 Å². The average molecular weight is 304 g/mol. The summed E-state index contributed by atoms with van der Waals surface area (Å²) in [4.78, 5) is 24.2. The van der Waals surface area contributed by atoms with Crippen LogP contribution in [0.2, 0.25) is 0 Å². The number of hydrogen-bond acceptors (Lipinski definition) is 4. The number of hydrogen-bond donors (Lipinski definition) is 0. The highest BCUT2D eigenvalue weighted by Crippen LogP contribution is 2.14. The molecule has 1 unspecified atom stereocenters. The van der Waals surface area contributed by atoms with Crippen molar-refractivity contribution in [3.63, 3.8) is 0 Å². The summed E-state index contributed by atoms with van der Waals surface area (Å²) >= 11 is 0. The van der Waals surface area contributed by atoms with Gasteiger partial charge in [-0.3, -0.25) is 13.9 Å². The first-order chi connectivity index (χ1) is 10.7. The summed E-state index contributed by atoms with van der Waals surface area (Å²) in [6, 6.07) is 7.40. The quantitative estimate of drug-likeness (QED) is 0.802. The molecule has 1 aromatic carbocycles. The van der Waals surface area contributed by atoms with Crippen LogP contribution in [-0.2, 0) is 27.9 Å². The summed E-state index contributed by atoms with van der Waals surface area (Å²) < 4.78 is 13.8. The van der Waals surface area contributed by atoms with Crippen LogP contribution in [0.4, 0.5) is 0 Å². The van der Waals surface area contributed by atoms with E-state index in [4.69, 9.17) is 9.47 Å². The fourth-order valence-corrected chi connectivity index (χ4v) is 2.82. The summed E-state index contributed by atoms with van der Waals surface area (Å²) in [6.45, 7) is 0.913. The van der Waals surface area contributed by atoms with Gasteiger partial charge in [-0.25, -0.2) is 4.79 Å². The molecule has 6 nitrogen and oxygen atoms in total. The Morgan fingerprint density at radius 3 is 2.82 bits per heavy atom. The molecule has 3 rings (SSSR count). The zero-order chi connectivity index (χ0) is 15.5. The smallest absolute Gasteiger partial charge is 0.329 e. The Morgan fingerprint density at radius 2 is 2.09 bits per heavy atom. The molecule has 1 aromatic heterocycles. The highest BCUT2D eigenvalue weighted by atomic mass is 16.6. The van der Waals surface area contributed by atoms with Crippen LogP contribution in [-0.4, -0.2) is 34.4 Å². The van der Waals surface area contributed by atoms with Crippen LogP contribution in [0.25, 0.3) is 11.0 Å². The molecular weight excluding hydrogens is 284 g/mol. The van der Waals surface area contributed by atoms with Crippen molar-refractivity contribution in [1.82, 2.24) is 9.13 Å². The lowest BCUT2D eigenvalue weighted by Crippen LogP contribution is -2.30. The zero-order valence-electron chi connectivity index (χ0n) is 12.7. The minimum absolute atomic E-state index is 0.0121. The number of benzene rings is 1. The first-order valence-corrected chi connectivity index (χ1v) is 7.58. The Hall–Kier alpha value is -2.08. The third-order valence-corrected chi connectivity index (χ3v) is 4.04. The Morgan fingerprint density at radius 1 is 1.32 bits per heavy atom. The number of aryl methyl sites for hydroxylation is 1. The van der Waals surface area contributed by atoms with E-state index in [0.29, 0.717) is 0 Å². The van der Waals surface area contributed by atoms with Crippen molar-refractivity contribution in [2.45, 2.75) is 31.9 Å². The molecule has 2 aromatic rings. The van der Waals surface area contributed by atoms with Gasteiger partial charge >= 0.3 is 11.7 Å². The first-order valence-electron chi connectivity index (χ1n) is 7.58. The van der Waals surface area contributed by atoms with Crippen LogP contribution in [0.15, 0.2) is 29.1 Å². The highest BCUT2D eigenvalue weighted by Gasteiger charge is 2.18. The van der Waals surface area contributed by atoms with E-state index >= 15 is 0 Å². The molecule has 1 aliphatic heterocycles. The number of ether oxygens (including phenoxy) is 2. The predicted octanol–water partition coefficient (Wildman–Crippen LogP) is 1.45. The van der Waals surface area contributed by atoms with Gasteiger partial charge in [0.15, 0.2) is 0 Å². The van der Waals surface area contributed by atoms with E-state index in [-0.39, 0.29) is 24.9 Å².